The van der Waals surface area contributed by atoms with E-state index in [1.165, 1.54) is 24.3 Å². The minimum atomic E-state index is 0.0304. The summed E-state index contributed by atoms with van der Waals surface area (Å²) < 4.78 is 5.54. The van der Waals surface area contributed by atoms with Crippen molar-refractivity contribution in [3.63, 3.8) is 0 Å². The molecule has 0 N–H and O–H groups in total. The van der Waals surface area contributed by atoms with E-state index in [4.69, 9.17) is 4.74 Å². The van der Waals surface area contributed by atoms with E-state index in [1.807, 2.05) is 6.92 Å². The predicted molar refractivity (Wildman–Crippen MR) is 98.3 cm³/mol. The van der Waals surface area contributed by atoms with Gasteiger partial charge < -0.3 is 4.74 Å². The van der Waals surface area contributed by atoms with Crippen LogP contribution in [0.5, 0.6) is 0 Å². The fourth-order valence-electron chi connectivity index (χ4n) is 3.47. The molecular weight excluding hydrogens is 312 g/mol. The molecule has 2 rings (SSSR count). The lowest BCUT2D eigenvalue weighted by molar-refractivity contribution is -0.149. The fraction of sp³-hybridized carbons (Fsp3) is 0.944. The fourth-order valence-corrected chi connectivity index (χ4v) is 7.60. The predicted octanol–water partition coefficient (Wildman–Crippen LogP) is 5.21. The first-order valence-electron chi connectivity index (χ1n) is 8.71. The number of carbonyl (C=O) groups excluding carboxylic acids is 1. The van der Waals surface area contributed by atoms with Crippen LogP contribution in [0.25, 0.3) is 0 Å². The van der Waals surface area contributed by atoms with E-state index >= 15 is 0 Å². The first-order valence-corrected chi connectivity index (χ1v) is 10.7. The van der Waals surface area contributed by atoms with Crippen LogP contribution >= 0.6 is 23.5 Å². The summed E-state index contributed by atoms with van der Waals surface area (Å²) in [4.78, 5) is 11.9. The summed E-state index contributed by atoms with van der Waals surface area (Å²) >= 11 is 4.35. The normalized spacial score (nSPS) is 36.9. The Bertz CT molecular complexity index is 373. The molecule has 0 aromatic rings. The van der Waals surface area contributed by atoms with Crippen LogP contribution in [0, 0.1) is 23.2 Å². The SMILES string of the molecule is CCOC(=O)C1CCC(C2(C)SCC(C(C)(C)C)CS2)CC1. The summed E-state index contributed by atoms with van der Waals surface area (Å²) in [5.41, 5.74) is 0.420. The van der Waals surface area contributed by atoms with Gasteiger partial charge in [0, 0.05) is 0 Å². The van der Waals surface area contributed by atoms with Gasteiger partial charge in [-0.2, -0.15) is 0 Å². The third-order valence-electron chi connectivity index (χ3n) is 5.46. The highest BCUT2D eigenvalue weighted by molar-refractivity contribution is 8.18. The van der Waals surface area contributed by atoms with Crippen LogP contribution in [-0.4, -0.2) is 28.2 Å². The molecule has 4 heteroatoms. The molecule has 0 unspecified atom stereocenters. The molecule has 2 aliphatic rings. The Balaban J connectivity index is 1.85. The average Bonchev–Trinajstić information content (AvgIpc) is 2.47. The van der Waals surface area contributed by atoms with E-state index < -0.39 is 0 Å². The zero-order valence-electron chi connectivity index (χ0n) is 14.8. The maximum Gasteiger partial charge on any atom is 0.308 e. The molecule has 22 heavy (non-hydrogen) atoms. The molecule has 0 atom stereocenters. The number of hydrogen-bond acceptors (Lipinski definition) is 4. The maximum absolute atomic E-state index is 11.9. The van der Waals surface area contributed by atoms with Crippen LogP contribution in [0.3, 0.4) is 0 Å². The van der Waals surface area contributed by atoms with Crippen molar-refractivity contribution in [1.82, 2.24) is 0 Å². The third kappa shape index (κ3) is 4.37. The molecule has 0 aromatic carbocycles. The van der Waals surface area contributed by atoms with Gasteiger partial charge in [-0.3, -0.25) is 4.79 Å². The molecule has 0 bridgehead atoms. The lowest BCUT2D eigenvalue weighted by atomic mass is 9.80. The second-order valence-electron chi connectivity index (χ2n) is 8.00. The molecule has 0 aromatic heterocycles. The minimum Gasteiger partial charge on any atom is -0.466 e. The van der Waals surface area contributed by atoms with Gasteiger partial charge in [0.25, 0.3) is 0 Å². The molecule has 1 aliphatic carbocycles. The number of carbonyl (C=O) groups is 1. The van der Waals surface area contributed by atoms with Crippen LogP contribution < -0.4 is 0 Å². The zero-order valence-corrected chi connectivity index (χ0v) is 16.4. The Hall–Kier alpha value is 0.170. The van der Waals surface area contributed by atoms with E-state index in [0.717, 1.165) is 24.7 Å². The van der Waals surface area contributed by atoms with Gasteiger partial charge in [-0.1, -0.05) is 20.8 Å². The Morgan fingerprint density at radius 1 is 1.14 bits per heavy atom. The largest absolute Gasteiger partial charge is 0.466 e. The Labute approximate surface area is 144 Å². The van der Waals surface area contributed by atoms with Crippen LogP contribution in [0.15, 0.2) is 0 Å². The summed E-state index contributed by atoms with van der Waals surface area (Å²) in [6, 6.07) is 0. The number of ether oxygens (including phenoxy) is 1. The van der Waals surface area contributed by atoms with Crippen LogP contribution in [0.1, 0.15) is 60.3 Å². The van der Waals surface area contributed by atoms with E-state index in [9.17, 15) is 4.79 Å². The van der Waals surface area contributed by atoms with E-state index in [2.05, 4.69) is 51.2 Å². The van der Waals surface area contributed by atoms with Crippen molar-refractivity contribution in [2.75, 3.05) is 18.1 Å². The molecule has 0 amide bonds. The van der Waals surface area contributed by atoms with Crippen molar-refractivity contribution >= 4 is 29.5 Å². The number of rotatable bonds is 3. The monoisotopic (exact) mass is 344 g/mol. The second kappa shape index (κ2) is 7.38. The standard InChI is InChI=1S/C18H32O2S2/c1-6-20-16(19)13-7-9-14(10-8-13)18(5)21-11-15(12-22-18)17(2,3)4/h13-15H,6-12H2,1-5H3. The molecule has 0 spiro atoms. The lowest BCUT2D eigenvalue weighted by Gasteiger charge is -2.46. The van der Waals surface area contributed by atoms with Crippen molar-refractivity contribution in [2.45, 2.75) is 64.4 Å². The number of thioether (sulfide) groups is 2. The maximum atomic E-state index is 11.9. The van der Waals surface area contributed by atoms with Gasteiger partial charge >= 0.3 is 5.97 Å². The quantitative estimate of drug-likeness (QED) is 0.656. The topological polar surface area (TPSA) is 26.3 Å². The summed E-state index contributed by atoms with van der Waals surface area (Å²) in [7, 11) is 0. The number of esters is 1. The highest BCUT2D eigenvalue weighted by Crippen LogP contribution is 2.55. The Morgan fingerprint density at radius 2 is 1.68 bits per heavy atom. The molecule has 1 saturated carbocycles. The summed E-state index contributed by atoms with van der Waals surface area (Å²) in [5, 5.41) is 0. The van der Waals surface area contributed by atoms with Gasteiger partial charge in [0.05, 0.1) is 16.6 Å². The highest BCUT2D eigenvalue weighted by atomic mass is 32.2. The first kappa shape index (κ1) is 18.5. The van der Waals surface area contributed by atoms with Gasteiger partial charge in [0.2, 0.25) is 0 Å². The summed E-state index contributed by atoms with van der Waals surface area (Å²) in [6.07, 6.45) is 4.39. The Morgan fingerprint density at radius 3 is 2.14 bits per heavy atom. The highest BCUT2D eigenvalue weighted by Gasteiger charge is 2.43. The van der Waals surface area contributed by atoms with Crippen molar-refractivity contribution < 1.29 is 9.53 Å². The van der Waals surface area contributed by atoms with Gasteiger partial charge in [-0.15, -0.1) is 23.5 Å². The van der Waals surface area contributed by atoms with Crippen LogP contribution in [0.2, 0.25) is 0 Å². The van der Waals surface area contributed by atoms with Gasteiger partial charge in [-0.25, -0.2) is 0 Å². The summed E-state index contributed by atoms with van der Waals surface area (Å²) in [5.74, 6) is 4.31. The zero-order chi connectivity index (χ0) is 16.4. The molecule has 2 nitrogen and oxygen atoms in total. The minimum absolute atomic E-state index is 0.0304. The van der Waals surface area contributed by atoms with Crippen molar-refractivity contribution in [3.8, 4) is 0 Å². The molecule has 0 radical (unpaired) electrons. The van der Waals surface area contributed by atoms with Gasteiger partial charge in [0.1, 0.15) is 0 Å². The van der Waals surface area contributed by atoms with E-state index in [1.54, 1.807) is 0 Å². The van der Waals surface area contributed by atoms with Crippen molar-refractivity contribution in [2.24, 2.45) is 23.2 Å². The number of hydrogen-bond donors (Lipinski definition) is 0. The lowest BCUT2D eigenvalue weighted by Crippen LogP contribution is -2.40. The first-order chi connectivity index (χ1) is 10.3. The average molecular weight is 345 g/mol. The molecule has 1 saturated heterocycles. The van der Waals surface area contributed by atoms with E-state index in [0.29, 0.717) is 16.1 Å². The van der Waals surface area contributed by atoms with Gasteiger partial charge in [-0.05, 0) is 68.3 Å². The third-order valence-corrected chi connectivity index (χ3v) is 9.11. The molecule has 1 heterocycles. The summed E-state index contributed by atoms with van der Waals surface area (Å²) in [6.45, 7) is 11.9. The molecular formula is C18H32O2S2. The smallest absolute Gasteiger partial charge is 0.308 e. The van der Waals surface area contributed by atoms with Crippen LogP contribution in [-0.2, 0) is 9.53 Å². The van der Waals surface area contributed by atoms with Crippen LogP contribution in [0.4, 0.5) is 0 Å². The van der Waals surface area contributed by atoms with Crippen molar-refractivity contribution in [1.29, 1.82) is 0 Å². The molecule has 128 valence electrons. The molecule has 2 fully saturated rings. The molecule has 1 aliphatic heterocycles. The van der Waals surface area contributed by atoms with Crippen molar-refractivity contribution in [3.05, 3.63) is 0 Å². The second-order valence-corrected chi connectivity index (χ2v) is 11.2. The Kier molecular flexibility index (Phi) is 6.21. The van der Waals surface area contributed by atoms with E-state index in [-0.39, 0.29) is 11.9 Å². The van der Waals surface area contributed by atoms with Gasteiger partial charge in [0.15, 0.2) is 0 Å².